The van der Waals surface area contributed by atoms with E-state index in [1.165, 1.54) is 13.1 Å². The average Bonchev–Trinajstić information content (AvgIpc) is 2.58. The van der Waals surface area contributed by atoms with Gasteiger partial charge in [0.25, 0.3) is 11.5 Å². The highest BCUT2D eigenvalue weighted by Gasteiger charge is 2.23. The van der Waals surface area contributed by atoms with Crippen molar-refractivity contribution < 1.29 is 19.4 Å². The van der Waals surface area contributed by atoms with Crippen molar-refractivity contribution in [3.05, 3.63) is 32.6 Å². The molecule has 0 aromatic carbocycles. The lowest BCUT2D eigenvalue weighted by atomic mass is 10.3. The van der Waals surface area contributed by atoms with Crippen LogP contribution in [0, 0.1) is 6.92 Å². The van der Waals surface area contributed by atoms with Crippen LogP contribution in [0.25, 0.3) is 0 Å². The molecule has 1 aliphatic rings. The second-order valence-electron chi connectivity index (χ2n) is 5.58. The van der Waals surface area contributed by atoms with E-state index in [0.717, 1.165) is 4.57 Å². The van der Waals surface area contributed by atoms with Gasteiger partial charge in [-0.2, -0.15) is 0 Å². The number of carbonyl (C=O) groups is 2. The minimum atomic E-state index is -1.16. The summed E-state index contributed by atoms with van der Waals surface area (Å²) in [5.74, 6) is -1.22. The first-order chi connectivity index (χ1) is 11.9. The number of H-pyrrole nitrogens is 1. The maximum Gasteiger partial charge on any atom is 0.328 e. The van der Waals surface area contributed by atoms with Crippen molar-refractivity contribution >= 4 is 11.8 Å². The minimum absolute atomic E-state index is 0.274. The molecule has 1 fully saturated rings. The number of aryl methyl sites for hydroxylation is 1. The highest BCUT2D eigenvalue weighted by Crippen LogP contribution is 1.94. The first kappa shape index (κ1) is 18.8. The summed E-state index contributed by atoms with van der Waals surface area (Å²) in [5, 5.41) is 13.3. The van der Waals surface area contributed by atoms with Crippen LogP contribution >= 0.6 is 0 Å². The van der Waals surface area contributed by atoms with E-state index in [-0.39, 0.29) is 5.56 Å². The van der Waals surface area contributed by atoms with Crippen LogP contribution in [0.4, 0.5) is 0 Å². The van der Waals surface area contributed by atoms with Gasteiger partial charge in [-0.1, -0.05) is 0 Å². The fourth-order valence-electron chi connectivity index (χ4n) is 2.23. The van der Waals surface area contributed by atoms with Crippen LogP contribution in [-0.4, -0.2) is 70.4 Å². The summed E-state index contributed by atoms with van der Waals surface area (Å²) >= 11 is 0. The van der Waals surface area contributed by atoms with Crippen LogP contribution in [0.5, 0.6) is 0 Å². The van der Waals surface area contributed by atoms with Crippen molar-refractivity contribution in [3.8, 4) is 0 Å². The number of morpholine rings is 1. The molecule has 1 aromatic rings. The Balaban J connectivity index is 1.95. The summed E-state index contributed by atoms with van der Waals surface area (Å²) in [4.78, 5) is 49.2. The van der Waals surface area contributed by atoms with Gasteiger partial charge in [0.2, 0.25) is 5.91 Å². The molecule has 1 saturated heterocycles. The Hall–Kier alpha value is -2.50. The second-order valence-corrected chi connectivity index (χ2v) is 5.58. The van der Waals surface area contributed by atoms with Crippen LogP contribution in [0.1, 0.15) is 5.56 Å². The molecule has 1 atom stereocenters. The van der Waals surface area contributed by atoms with E-state index in [1.54, 1.807) is 5.01 Å². The van der Waals surface area contributed by atoms with Gasteiger partial charge >= 0.3 is 5.69 Å². The second kappa shape index (κ2) is 8.55. The summed E-state index contributed by atoms with van der Waals surface area (Å²) in [7, 11) is 0. The molecule has 1 aromatic heterocycles. The number of hydrazine groups is 1. The van der Waals surface area contributed by atoms with Gasteiger partial charge in [0.1, 0.15) is 12.6 Å². The Morgan fingerprint density at radius 1 is 1.36 bits per heavy atom. The van der Waals surface area contributed by atoms with Crippen molar-refractivity contribution in [2.45, 2.75) is 19.5 Å². The zero-order valence-corrected chi connectivity index (χ0v) is 13.8. The van der Waals surface area contributed by atoms with Crippen molar-refractivity contribution in [3.63, 3.8) is 0 Å². The number of hydrogen-bond donors (Lipinski definition) is 4. The Morgan fingerprint density at radius 2 is 2.04 bits per heavy atom. The highest BCUT2D eigenvalue weighted by atomic mass is 16.5. The van der Waals surface area contributed by atoms with E-state index in [4.69, 9.17) is 4.74 Å². The van der Waals surface area contributed by atoms with Crippen molar-refractivity contribution in [2.24, 2.45) is 0 Å². The number of aliphatic hydroxyl groups is 1. The van der Waals surface area contributed by atoms with Gasteiger partial charge in [0.05, 0.1) is 19.8 Å². The largest absolute Gasteiger partial charge is 0.394 e. The maximum absolute atomic E-state index is 12.1. The van der Waals surface area contributed by atoms with Crippen LogP contribution < -0.4 is 22.0 Å². The SMILES string of the molecule is Cc1cn(CC(=O)NC(CO)C(=O)NN2CCOCC2)c(=O)[nH]c1=O. The molecule has 0 bridgehead atoms. The Bertz CT molecular complexity index is 736. The summed E-state index contributed by atoms with van der Waals surface area (Å²) in [6.45, 7) is 2.47. The fraction of sp³-hybridized carbons (Fsp3) is 0.571. The van der Waals surface area contributed by atoms with Gasteiger partial charge in [-0.05, 0) is 6.92 Å². The quantitative estimate of drug-likeness (QED) is 0.418. The fourth-order valence-corrected chi connectivity index (χ4v) is 2.23. The molecule has 25 heavy (non-hydrogen) atoms. The van der Waals surface area contributed by atoms with E-state index in [0.29, 0.717) is 26.3 Å². The minimum Gasteiger partial charge on any atom is -0.394 e. The zero-order chi connectivity index (χ0) is 18.4. The van der Waals surface area contributed by atoms with Crippen LogP contribution in [0.15, 0.2) is 15.8 Å². The number of carbonyl (C=O) groups excluding carboxylic acids is 2. The first-order valence-corrected chi connectivity index (χ1v) is 7.74. The third kappa shape index (κ3) is 5.24. The first-order valence-electron chi connectivity index (χ1n) is 7.74. The number of nitrogens with zero attached hydrogens (tertiary/aromatic N) is 2. The molecule has 11 nitrogen and oxygen atoms in total. The third-order valence-corrected chi connectivity index (χ3v) is 3.62. The lowest BCUT2D eigenvalue weighted by Crippen LogP contribution is -2.56. The molecule has 4 N–H and O–H groups in total. The molecule has 0 saturated carbocycles. The lowest BCUT2D eigenvalue weighted by Gasteiger charge is -2.28. The normalized spacial score (nSPS) is 16.2. The average molecular weight is 355 g/mol. The molecule has 138 valence electrons. The van der Waals surface area contributed by atoms with Gasteiger partial charge in [0.15, 0.2) is 0 Å². The number of nitrogens with one attached hydrogen (secondary N) is 3. The molecule has 2 rings (SSSR count). The molecular formula is C14H21N5O6. The number of rotatable bonds is 6. The number of ether oxygens (including phenoxy) is 1. The van der Waals surface area contributed by atoms with Crippen LogP contribution in [0.2, 0.25) is 0 Å². The van der Waals surface area contributed by atoms with Gasteiger partial charge in [-0.25, -0.2) is 9.80 Å². The number of aromatic nitrogens is 2. The van der Waals surface area contributed by atoms with E-state index in [9.17, 15) is 24.3 Å². The standard InChI is InChI=1S/C14H21N5O6/c1-9-6-18(14(24)16-12(9)22)7-11(21)15-10(8-20)13(23)17-19-2-4-25-5-3-19/h6,10,20H,2-5,7-8H2,1H3,(H,15,21)(H,17,23)(H,16,22,24). The summed E-state index contributed by atoms with van der Waals surface area (Å²) in [6, 6.07) is -1.16. The van der Waals surface area contributed by atoms with Crippen LogP contribution in [0.3, 0.4) is 0 Å². The van der Waals surface area contributed by atoms with Gasteiger partial charge < -0.3 is 15.2 Å². The van der Waals surface area contributed by atoms with E-state index in [1.807, 2.05) is 0 Å². The molecule has 2 amide bonds. The zero-order valence-electron chi connectivity index (χ0n) is 13.8. The molecule has 0 radical (unpaired) electrons. The molecular weight excluding hydrogens is 334 g/mol. The maximum atomic E-state index is 12.1. The Labute approximate surface area is 142 Å². The number of aromatic amines is 1. The third-order valence-electron chi connectivity index (χ3n) is 3.62. The molecule has 11 heteroatoms. The van der Waals surface area contributed by atoms with Gasteiger partial charge in [-0.3, -0.25) is 29.4 Å². The van der Waals surface area contributed by atoms with E-state index < -0.39 is 42.3 Å². The highest BCUT2D eigenvalue weighted by molar-refractivity contribution is 5.87. The Kier molecular flexibility index (Phi) is 6.44. The molecule has 1 unspecified atom stereocenters. The summed E-state index contributed by atoms with van der Waals surface area (Å²) in [5.41, 5.74) is 1.60. The monoisotopic (exact) mass is 355 g/mol. The van der Waals surface area contributed by atoms with E-state index >= 15 is 0 Å². The van der Waals surface area contributed by atoms with E-state index in [2.05, 4.69) is 15.7 Å². The number of aliphatic hydroxyl groups excluding tert-OH is 1. The molecule has 1 aliphatic heterocycles. The predicted molar refractivity (Wildman–Crippen MR) is 85.6 cm³/mol. The molecule has 0 aliphatic carbocycles. The number of amides is 2. The van der Waals surface area contributed by atoms with Crippen molar-refractivity contribution in [2.75, 3.05) is 32.9 Å². The summed E-state index contributed by atoms with van der Waals surface area (Å²) in [6.07, 6.45) is 1.25. The van der Waals surface area contributed by atoms with Gasteiger partial charge in [-0.15, -0.1) is 0 Å². The summed E-state index contributed by atoms with van der Waals surface area (Å²) < 4.78 is 6.17. The topological polar surface area (TPSA) is 146 Å². The molecule has 0 spiro atoms. The van der Waals surface area contributed by atoms with Gasteiger partial charge in [0, 0.05) is 24.8 Å². The lowest BCUT2D eigenvalue weighted by molar-refractivity contribution is -0.135. The smallest absolute Gasteiger partial charge is 0.328 e. The Morgan fingerprint density at radius 3 is 2.68 bits per heavy atom. The van der Waals surface area contributed by atoms with Crippen LogP contribution in [-0.2, 0) is 20.9 Å². The predicted octanol–water partition coefficient (Wildman–Crippen LogP) is -3.31. The molecule has 2 heterocycles. The van der Waals surface area contributed by atoms with Crippen molar-refractivity contribution in [1.29, 1.82) is 0 Å². The van der Waals surface area contributed by atoms with Crippen molar-refractivity contribution in [1.82, 2.24) is 25.3 Å². The number of hydrogen-bond acceptors (Lipinski definition) is 7.